The number of aryl methyl sites for hydroxylation is 1. The average Bonchev–Trinajstić information content (AvgIpc) is 2.75. The van der Waals surface area contributed by atoms with Crippen LogP contribution in [0.5, 0.6) is 0 Å². The van der Waals surface area contributed by atoms with Gasteiger partial charge in [-0.15, -0.1) is 0 Å². The normalized spacial score (nSPS) is 11.3. The maximum absolute atomic E-state index is 4.22. The fourth-order valence-electron chi connectivity index (χ4n) is 1.95. The van der Waals surface area contributed by atoms with Gasteiger partial charge in [-0.3, -0.25) is 0 Å². The van der Waals surface area contributed by atoms with Crippen LogP contribution in [0.1, 0.15) is 18.4 Å². The van der Waals surface area contributed by atoms with Gasteiger partial charge in [0, 0.05) is 6.54 Å². The maximum Gasteiger partial charge on any atom is 0.157 e. The lowest BCUT2D eigenvalue weighted by atomic mass is 10.2. The zero-order valence-electron chi connectivity index (χ0n) is 11.3. The van der Waals surface area contributed by atoms with Gasteiger partial charge in [0.25, 0.3) is 0 Å². The van der Waals surface area contributed by atoms with E-state index >= 15 is 0 Å². The summed E-state index contributed by atoms with van der Waals surface area (Å²) < 4.78 is 1.85. The summed E-state index contributed by atoms with van der Waals surface area (Å²) in [7, 11) is 4.21. The summed E-state index contributed by atoms with van der Waals surface area (Å²) in [4.78, 5) is 6.42. The van der Waals surface area contributed by atoms with Crippen molar-refractivity contribution in [2.45, 2.75) is 19.8 Å². The smallest absolute Gasteiger partial charge is 0.157 e. The van der Waals surface area contributed by atoms with Crippen LogP contribution < -0.4 is 5.32 Å². The van der Waals surface area contributed by atoms with E-state index in [1.165, 1.54) is 12.0 Å². The Hall–Kier alpha value is -1.62. The molecule has 0 unspecified atom stereocenters. The van der Waals surface area contributed by atoms with Crippen LogP contribution in [0.15, 0.2) is 18.5 Å². The van der Waals surface area contributed by atoms with Gasteiger partial charge in [0.2, 0.25) is 0 Å². The largest absolute Gasteiger partial charge is 0.370 e. The van der Waals surface area contributed by atoms with Crippen molar-refractivity contribution in [3.8, 4) is 0 Å². The molecule has 0 spiro atoms. The van der Waals surface area contributed by atoms with Crippen molar-refractivity contribution in [3.63, 3.8) is 0 Å². The Morgan fingerprint density at radius 1 is 1.28 bits per heavy atom. The summed E-state index contributed by atoms with van der Waals surface area (Å²) in [6.07, 6.45) is 3.95. The van der Waals surface area contributed by atoms with Gasteiger partial charge in [0.05, 0.1) is 0 Å². The van der Waals surface area contributed by atoms with Crippen molar-refractivity contribution < 1.29 is 0 Å². The number of nitrogens with zero attached hydrogens (tertiary/aromatic N) is 4. The van der Waals surface area contributed by atoms with E-state index in [4.69, 9.17) is 0 Å². The monoisotopic (exact) mass is 247 g/mol. The Morgan fingerprint density at radius 3 is 2.89 bits per heavy atom. The summed E-state index contributed by atoms with van der Waals surface area (Å²) in [6, 6.07) is 4.14. The van der Waals surface area contributed by atoms with Gasteiger partial charge in [-0.05, 0) is 58.1 Å². The van der Waals surface area contributed by atoms with Crippen molar-refractivity contribution in [1.29, 1.82) is 0 Å². The summed E-state index contributed by atoms with van der Waals surface area (Å²) in [5.41, 5.74) is 2.09. The van der Waals surface area contributed by atoms with Gasteiger partial charge >= 0.3 is 0 Å². The Bertz CT molecular complexity index is 503. The highest BCUT2D eigenvalue weighted by atomic mass is 15.3. The molecule has 0 bridgehead atoms. The van der Waals surface area contributed by atoms with Gasteiger partial charge in [-0.25, -0.2) is 4.98 Å². The van der Waals surface area contributed by atoms with Crippen LogP contribution >= 0.6 is 0 Å². The second-order valence-corrected chi connectivity index (χ2v) is 4.89. The molecule has 0 saturated carbocycles. The van der Waals surface area contributed by atoms with E-state index in [0.29, 0.717) is 0 Å². The second-order valence-electron chi connectivity index (χ2n) is 4.89. The minimum absolute atomic E-state index is 0.894. The summed E-state index contributed by atoms with van der Waals surface area (Å²) in [5.74, 6) is 1.02. The number of aromatic nitrogens is 3. The van der Waals surface area contributed by atoms with Crippen molar-refractivity contribution in [3.05, 3.63) is 24.0 Å². The first-order chi connectivity index (χ1) is 8.66. The molecule has 0 atom stereocenters. The molecule has 0 aromatic carbocycles. The third kappa shape index (κ3) is 3.20. The molecule has 0 aliphatic carbocycles. The molecule has 2 heterocycles. The molecule has 0 aliphatic rings. The minimum atomic E-state index is 0.894. The third-order valence-electron chi connectivity index (χ3n) is 2.86. The van der Waals surface area contributed by atoms with E-state index < -0.39 is 0 Å². The second kappa shape index (κ2) is 5.82. The SMILES string of the molecule is Cc1cc(NCCCCN(C)C)n2ncnc2c1. The Morgan fingerprint density at radius 2 is 2.11 bits per heavy atom. The van der Waals surface area contributed by atoms with Gasteiger partial charge in [-0.1, -0.05) is 0 Å². The molecule has 2 rings (SSSR count). The number of hydrogen-bond acceptors (Lipinski definition) is 4. The van der Waals surface area contributed by atoms with Gasteiger partial charge in [0.1, 0.15) is 12.1 Å². The number of fused-ring (bicyclic) bond motifs is 1. The fraction of sp³-hybridized carbons (Fsp3) is 0.538. The molecule has 0 amide bonds. The van der Waals surface area contributed by atoms with E-state index in [2.05, 4.69) is 47.4 Å². The van der Waals surface area contributed by atoms with Crippen LogP contribution in [0.3, 0.4) is 0 Å². The van der Waals surface area contributed by atoms with Crippen LogP contribution in [0.4, 0.5) is 5.82 Å². The first kappa shape index (κ1) is 12.8. The number of unbranched alkanes of at least 4 members (excludes halogenated alkanes) is 1. The number of rotatable bonds is 6. The Balaban J connectivity index is 1.93. The molecule has 0 aliphatic heterocycles. The van der Waals surface area contributed by atoms with Crippen LogP contribution in [0, 0.1) is 6.92 Å². The van der Waals surface area contributed by atoms with Gasteiger partial charge in [0.15, 0.2) is 5.65 Å². The molecule has 98 valence electrons. The van der Waals surface area contributed by atoms with E-state index in [1.807, 2.05) is 10.6 Å². The molecule has 0 radical (unpaired) electrons. The molecule has 0 saturated heterocycles. The Kier molecular flexibility index (Phi) is 4.15. The number of nitrogens with one attached hydrogen (secondary N) is 1. The van der Waals surface area contributed by atoms with Crippen molar-refractivity contribution >= 4 is 11.5 Å². The summed E-state index contributed by atoms with van der Waals surface area (Å²) >= 11 is 0. The zero-order valence-corrected chi connectivity index (χ0v) is 11.3. The summed E-state index contributed by atoms with van der Waals surface area (Å²) in [6.45, 7) is 4.17. The predicted octanol–water partition coefficient (Wildman–Crippen LogP) is 1.79. The van der Waals surface area contributed by atoms with Crippen LogP contribution in [0.25, 0.3) is 5.65 Å². The quantitative estimate of drug-likeness (QED) is 0.791. The lowest BCUT2D eigenvalue weighted by molar-refractivity contribution is 0.396. The average molecular weight is 247 g/mol. The van der Waals surface area contributed by atoms with Crippen LogP contribution in [-0.2, 0) is 0 Å². The number of pyridine rings is 1. The molecule has 1 N–H and O–H groups in total. The lowest BCUT2D eigenvalue weighted by Crippen LogP contribution is -2.14. The van der Waals surface area contributed by atoms with Gasteiger partial charge < -0.3 is 10.2 Å². The highest BCUT2D eigenvalue weighted by molar-refractivity contribution is 5.51. The third-order valence-corrected chi connectivity index (χ3v) is 2.86. The molecule has 5 heteroatoms. The molecule has 2 aromatic heterocycles. The fourth-order valence-corrected chi connectivity index (χ4v) is 1.95. The van der Waals surface area contributed by atoms with E-state index in [-0.39, 0.29) is 0 Å². The molecule has 2 aromatic rings. The molecular formula is C13H21N5. The highest BCUT2D eigenvalue weighted by Crippen LogP contribution is 2.13. The van der Waals surface area contributed by atoms with Crippen molar-refractivity contribution in [2.75, 3.05) is 32.5 Å². The predicted molar refractivity (Wildman–Crippen MR) is 74.0 cm³/mol. The standard InChI is InChI=1S/C13H21N5/c1-11-8-12(14-6-4-5-7-17(2)3)18-13(9-11)15-10-16-18/h8-10,14H,4-7H2,1-3H3. The molecule has 5 nitrogen and oxygen atoms in total. The van der Waals surface area contributed by atoms with Crippen LogP contribution in [-0.4, -0.2) is 46.7 Å². The molecule has 0 fully saturated rings. The molecule has 18 heavy (non-hydrogen) atoms. The highest BCUT2D eigenvalue weighted by Gasteiger charge is 2.03. The van der Waals surface area contributed by atoms with Gasteiger partial charge in [-0.2, -0.15) is 9.61 Å². The number of hydrogen-bond donors (Lipinski definition) is 1. The van der Waals surface area contributed by atoms with Crippen molar-refractivity contribution in [1.82, 2.24) is 19.5 Å². The number of anilines is 1. The Labute approximate surface area is 108 Å². The summed E-state index contributed by atoms with van der Waals surface area (Å²) in [5, 5.41) is 7.65. The van der Waals surface area contributed by atoms with E-state index in [1.54, 1.807) is 6.33 Å². The zero-order chi connectivity index (χ0) is 13.0. The lowest BCUT2D eigenvalue weighted by Gasteiger charge is -2.11. The van der Waals surface area contributed by atoms with E-state index in [9.17, 15) is 0 Å². The topological polar surface area (TPSA) is 45.5 Å². The molecular weight excluding hydrogens is 226 g/mol. The maximum atomic E-state index is 4.22. The van der Waals surface area contributed by atoms with E-state index in [0.717, 1.165) is 31.0 Å². The van der Waals surface area contributed by atoms with Crippen molar-refractivity contribution in [2.24, 2.45) is 0 Å². The minimum Gasteiger partial charge on any atom is -0.370 e. The first-order valence-electron chi connectivity index (χ1n) is 6.36. The van der Waals surface area contributed by atoms with Crippen LogP contribution in [0.2, 0.25) is 0 Å². The first-order valence-corrected chi connectivity index (χ1v) is 6.36.